The Morgan fingerprint density at radius 1 is 0.400 bits per heavy atom. The summed E-state index contributed by atoms with van der Waals surface area (Å²) < 4.78 is 73.7. The molecule has 42 atom stereocenters. The Labute approximate surface area is 573 Å². The third-order valence-electron chi connectivity index (χ3n) is 24.2. The van der Waals surface area contributed by atoms with Gasteiger partial charge in [-0.05, 0) is 86.9 Å². The fourth-order valence-electron chi connectivity index (χ4n) is 18.7. The van der Waals surface area contributed by atoms with Crippen LogP contribution in [0.3, 0.4) is 0 Å². The molecule has 100 heavy (non-hydrogen) atoms. The van der Waals surface area contributed by atoms with Gasteiger partial charge in [-0.2, -0.15) is 0 Å². The van der Waals surface area contributed by atoms with E-state index in [1.165, 1.54) is 0 Å². The first-order chi connectivity index (χ1) is 47.3. The second-order valence-electron chi connectivity index (χ2n) is 29.9. The van der Waals surface area contributed by atoms with E-state index in [4.69, 9.17) is 56.8 Å². The van der Waals surface area contributed by atoms with Crippen molar-refractivity contribution in [3.63, 3.8) is 0 Å². The van der Waals surface area contributed by atoms with Crippen LogP contribution in [0, 0.1) is 34.0 Å². The second-order valence-corrected chi connectivity index (χ2v) is 29.9. The van der Waals surface area contributed by atoms with Crippen LogP contribution < -0.4 is 10.6 Å². The van der Waals surface area contributed by atoms with E-state index >= 15 is 4.79 Å². The lowest BCUT2D eigenvalue weighted by atomic mass is 9.41. The monoisotopic (exact) mass is 1450 g/mol. The number of aliphatic hydroxyl groups is 23. The Hall–Kier alpha value is -1.97. The van der Waals surface area contributed by atoms with Crippen LogP contribution in [0.4, 0.5) is 0 Å². The third-order valence-corrected chi connectivity index (χ3v) is 24.2. The van der Waals surface area contributed by atoms with E-state index in [1.54, 1.807) is 6.92 Å². The lowest BCUT2D eigenvalue weighted by Gasteiger charge is -2.64. The Kier molecular flexibility index (Phi) is 24.8. The summed E-state index contributed by atoms with van der Waals surface area (Å²) in [6.45, 7) is -0.418. The number of hydrogen-bond acceptors (Lipinski definition) is 38. The van der Waals surface area contributed by atoms with Gasteiger partial charge in [0.25, 0.3) is 0 Å². The molecular formula is C62H104N2O36. The Bertz CT molecular complexity index is 2690. The summed E-state index contributed by atoms with van der Waals surface area (Å²) in [5.41, 5.74) is -3.65. The molecule has 0 aromatic carbocycles. The van der Waals surface area contributed by atoms with Crippen molar-refractivity contribution in [1.82, 2.24) is 10.6 Å². The minimum Gasteiger partial charge on any atom is -0.433 e. The Morgan fingerprint density at radius 3 is 1.33 bits per heavy atom. The lowest BCUT2D eigenvalue weighted by molar-refractivity contribution is -0.410. The predicted molar refractivity (Wildman–Crippen MR) is 321 cm³/mol. The molecule has 4 aliphatic carbocycles. The van der Waals surface area contributed by atoms with Crippen LogP contribution in [0.2, 0.25) is 0 Å². The molecule has 0 amide bonds. The molecule has 7 heterocycles. The Morgan fingerprint density at radius 2 is 0.810 bits per heavy atom. The number of aliphatic hydroxyl groups excluding tert-OH is 23. The minimum atomic E-state index is -2.10. The molecule has 11 fully saturated rings. The summed E-state index contributed by atoms with van der Waals surface area (Å²) in [5.74, 6) is -1.69. The molecule has 7 saturated heterocycles. The van der Waals surface area contributed by atoms with Gasteiger partial charge in [0, 0.05) is 0 Å². The number of hydrogen-bond donors (Lipinski definition) is 25. The van der Waals surface area contributed by atoms with E-state index < -0.39 is 295 Å². The van der Waals surface area contributed by atoms with E-state index in [1.807, 2.05) is 6.92 Å². The van der Waals surface area contributed by atoms with Crippen LogP contribution in [0.1, 0.15) is 78.6 Å². The van der Waals surface area contributed by atoms with Gasteiger partial charge in [-0.25, -0.2) is 0 Å². The third kappa shape index (κ3) is 14.1. The number of rotatable bonds is 21. The highest BCUT2D eigenvalue weighted by Crippen LogP contribution is 2.74. The van der Waals surface area contributed by atoms with Crippen molar-refractivity contribution < 1.29 is 179 Å². The molecule has 38 nitrogen and oxygen atoms in total. The summed E-state index contributed by atoms with van der Waals surface area (Å²) in [5, 5.41) is 256. The van der Waals surface area contributed by atoms with Gasteiger partial charge in [0.2, 0.25) is 6.29 Å². The Balaban J connectivity index is 0.872. The first-order valence-electron chi connectivity index (χ1n) is 34.5. The molecule has 0 radical (unpaired) electrons. The highest BCUT2D eigenvalue weighted by Gasteiger charge is 2.71. The zero-order valence-corrected chi connectivity index (χ0v) is 55.3. The summed E-state index contributed by atoms with van der Waals surface area (Å²) in [4.78, 5) is 15.6. The normalized spacial score (nSPS) is 55.2. The van der Waals surface area contributed by atoms with Crippen LogP contribution in [0.5, 0.6) is 0 Å². The van der Waals surface area contributed by atoms with E-state index in [0.717, 1.165) is 0 Å². The molecule has 0 aromatic heterocycles. The van der Waals surface area contributed by atoms with E-state index in [2.05, 4.69) is 17.6 Å². The van der Waals surface area contributed by atoms with E-state index in [9.17, 15) is 117 Å². The number of esters is 1. The summed E-state index contributed by atoms with van der Waals surface area (Å²) in [6.07, 6.45) is -56.7. The van der Waals surface area contributed by atoms with Crippen molar-refractivity contribution in [2.45, 2.75) is 299 Å². The molecule has 4 saturated carbocycles. The average Bonchev–Trinajstić information content (AvgIpc) is 1.44. The summed E-state index contributed by atoms with van der Waals surface area (Å²) in [6, 6.07) is -3.21. The molecule has 0 aromatic rings. The zero-order chi connectivity index (χ0) is 72.7. The molecule has 2 bridgehead atoms. The molecule has 578 valence electrons. The molecular weight excluding hydrogens is 1350 g/mol. The SMILES string of the molecule is CC1C[C@@]23CC[C@H]4[C@@](C)(CCC[C@@]4(C)C(=O)O[C@@H]4OC(CO)[C@@H](O)[C@H](N[C@@H]5O[C@H](CO)[C@@H](O)[C@H](O)[C@H]5O)C4N[C@@H]4O[C@H](CO)[C@@H](O)[C@H](O)[C@H]4O)[C@@H]2CC[C@]1(O[C@@H]1O[C@H](CO)[C@@H](O[C@@H]2O[C@H](CO)[C@@H](O)[C@H](O)[C@H]2O)C(O)[C@H]1OC1O[C@H](CO)[C@@H](O)C(O)[C@H]1O[C@@H]1O[C@H](CO)[C@@H](O)[C@H](O)[C@H]1O)C3. The van der Waals surface area contributed by atoms with Crippen molar-refractivity contribution in [1.29, 1.82) is 0 Å². The minimum absolute atomic E-state index is 0.133. The van der Waals surface area contributed by atoms with E-state index in [-0.39, 0.29) is 24.7 Å². The van der Waals surface area contributed by atoms with Crippen molar-refractivity contribution in [2.75, 3.05) is 46.2 Å². The molecule has 7 aliphatic heterocycles. The lowest BCUT2D eigenvalue weighted by Crippen LogP contribution is -2.75. The van der Waals surface area contributed by atoms with Crippen LogP contribution >= 0.6 is 0 Å². The highest BCUT2D eigenvalue weighted by atomic mass is 16.8. The molecule has 6 unspecified atom stereocenters. The van der Waals surface area contributed by atoms with Gasteiger partial charge in [-0.1, -0.05) is 20.3 Å². The van der Waals surface area contributed by atoms with Crippen LogP contribution in [0.25, 0.3) is 0 Å². The standard InChI is InChI=1S/C62H104N2O36/c1-20-11-61-9-5-28-59(2,7-4-8-60(28,3)58(88)99-53-31(64-52-44(84)39(79)34(74)23(14-67)90-52)30(32(72)21(12-65)91-53)63-51-43(83)38(78)33(73)22(13-66)89-51)29(61)6-10-62(20,19-61)100-57-50(47(87)48(27(18-71)95-57)96-54-45(85)40(80)35(75)24(15-68)92-54)98-56-49(42(82)37(77)26(17-70)94-56)97-55-46(86)41(81)36(76)25(16-69)93-55/h20-57,63-87H,4-19H2,1-3H3/t20?,21?,22-,23-,24-,25-,26-,27-,28+,29+,30-,31?,32-,33-,34-,35-,36-,37-,38+,39+,40+,41+,42?,43-,44-,45-,46-,47?,48-,49-,50-,51-,52-,53+,54+,55+,56?,57+,59-,60-,61-,62+/m1/s1. The average molecular weight is 1450 g/mol. The largest absolute Gasteiger partial charge is 0.433 e. The van der Waals surface area contributed by atoms with Crippen LogP contribution in [-0.4, -0.2) is 390 Å². The fraction of sp³-hybridized carbons (Fsp3) is 0.984. The maximum absolute atomic E-state index is 15.6. The number of nitrogens with one attached hydrogen (secondary N) is 2. The van der Waals surface area contributed by atoms with Crippen LogP contribution in [-0.2, 0) is 61.6 Å². The van der Waals surface area contributed by atoms with Crippen molar-refractivity contribution in [2.24, 2.45) is 34.0 Å². The predicted octanol–water partition coefficient (Wildman–Crippen LogP) is -12.4. The van der Waals surface area contributed by atoms with Gasteiger partial charge in [-0.15, -0.1) is 0 Å². The maximum Gasteiger partial charge on any atom is 0.314 e. The number of ether oxygens (including phenoxy) is 12. The fourth-order valence-corrected chi connectivity index (χ4v) is 18.7. The van der Waals surface area contributed by atoms with Gasteiger partial charge in [0.1, 0.15) is 165 Å². The van der Waals surface area contributed by atoms with Gasteiger partial charge in [0.05, 0.1) is 75.5 Å². The first kappa shape index (κ1) is 79.1. The topological polar surface area (TPSA) is 617 Å². The van der Waals surface area contributed by atoms with Gasteiger partial charge < -0.3 is 174 Å². The first-order valence-corrected chi connectivity index (χ1v) is 34.5. The summed E-state index contributed by atoms with van der Waals surface area (Å²) >= 11 is 0. The van der Waals surface area contributed by atoms with Crippen molar-refractivity contribution in [3.8, 4) is 0 Å². The number of carbonyl (C=O) groups excluding carboxylic acids is 1. The van der Waals surface area contributed by atoms with E-state index in [0.29, 0.717) is 44.9 Å². The molecule has 1 spiro atoms. The highest BCUT2D eigenvalue weighted by molar-refractivity contribution is 5.77. The van der Waals surface area contributed by atoms with Gasteiger partial charge in [-0.3, -0.25) is 15.4 Å². The molecule has 25 N–H and O–H groups in total. The van der Waals surface area contributed by atoms with Gasteiger partial charge >= 0.3 is 5.97 Å². The number of carbonyl (C=O) groups is 1. The molecule has 38 heteroatoms. The maximum atomic E-state index is 15.6. The second kappa shape index (κ2) is 31.3. The van der Waals surface area contributed by atoms with Gasteiger partial charge in [0.15, 0.2) is 25.2 Å². The van der Waals surface area contributed by atoms with Crippen LogP contribution in [0.15, 0.2) is 0 Å². The van der Waals surface area contributed by atoms with Crippen molar-refractivity contribution in [3.05, 3.63) is 0 Å². The molecule has 11 rings (SSSR count). The summed E-state index contributed by atoms with van der Waals surface area (Å²) in [7, 11) is 0. The smallest absolute Gasteiger partial charge is 0.314 e. The van der Waals surface area contributed by atoms with Crippen molar-refractivity contribution >= 4 is 5.97 Å². The zero-order valence-electron chi connectivity index (χ0n) is 55.3. The molecule has 11 aliphatic rings. The quantitative estimate of drug-likeness (QED) is 0.0375. The number of fused-ring (bicyclic) bond motifs is 3.